The van der Waals surface area contributed by atoms with Crippen LogP contribution in [0.15, 0.2) is 30.3 Å². The van der Waals surface area contributed by atoms with Crippen LogP contribution in [-0.2, 0) is 4.79 Å². The third-order valence-corrected chi connectivity index (χ3v) is 3.33. The van der Waals surface area contributed by atoms with Gasteiger partial charge in [0.15, 0.2) is 11.5 Å². The highest BCUT2D eigenvalue weighted by Crippen LogP contribution is 2.32. The molecule has 1 heterocycles. The Bertz CT molecular complexity index is 839. The lowest BCUT2D eigenvalue weighted by Crippen LogP contribution is -2.08. The molecular formula is C17H14N2O5. The van der Waals surface area contributed by atoms with Gasteiger partial charge < -0.3 is 14.9 Å². The van der Waals surface area contributed by atoms with Crippen molar-refractivity contribution in [2.75, 3.05) is 7.11 Å². The molecule has 122 valence electrons. The second kappa shape index (κ2) is 7.24. The number of aromatic hydroxyl groups is 1. The normalized spacial score (nSPS) is 10.0. The molecule has 2 aromatic rings. The third-order valence-electron chi connectivity index (χ3n) is 3.33. The van der Waals surface area contributed by atoms with Gasteiger partial charge in [0.05, 0.1) is 24.8 Å². The molecule has 0 saturated heterocycles. The number of carboxylic acids is 1. The smallest absolute Gasteiger partial charge is 0.303 e. The van der Waals surface area contributed by atoms with E-state index in [9.17, 15) is 14.7 Å². The summed E-state index contributed by atoms with van der Waals surface area (Å²) in [5, 5.41) is 27.9. The number of Topliss-reactive ketones (excluding diaryl/α,β-unsaturated/α-hetero) is 1. The maximum absolute atomic E-state index is 12.1. The summed E-state index contributed by atoms with van der Waals surface area (Å²) in [6, 6.07) is 10.0. The van der Waals surface area contributed by atoms with Crippen molar-refractivity contribution in [3.63, 3.8) is 0 Å². The molecule has 1 aromatic carbocycles. The summed E-state index contributed by atoms with van der Waals surface area (Å²) >= 11 is 0. The number of carboxylic acid groups (broad SMARTS) is 1. The number of aromatic nitrogens is 1. The van der Waals surface area contributed by atoms with E-state index in [1.165, 1.54) is 13.2 Å². The standard InChI is InChI=1S/C17H14N2O5/c1-24-14-5-3-2-4-11(14)12-8-10(9-18)17(23)16(19-12)13(20)6-7-15(21)22/h2-5,8,23H,6-7H2,1H3,(H,21,22). The monoisotopic (exact) mass is 326 g/mol. The number of nitrogens with zero attached hydrogens (tertiary/aromatic N) is 2. The number of para-hydroxylation sites is 1. The zero-order valence-corrected chi connectivity index (χ0v) is 12.8. The molecular weight excluding hydrogens is 312 g/mol. The average Bonchev–Trinajstić information content (AvgIpc) is 2.59. The van der Waals surface area contributed by atoms with Crippen LogP contribution >= 0.6 is 0 Å². The fraction of sp³-hybridized carbons (Fsp3) is 0.176. The Morgan fingerprint density at radius 1 is 1.29 bits per heavy atom. The van der Waals surface area contributed by atoms with Gasteiger partial charge in [0.25, 0.3) is 0 Å². The predicted molar refractivity (Wildman–Crippen MR) is 83.8 cm³/mol. The molecule has 7 heteroatoms. The van der Waals surface area contributed by atoms with Gasteiger partial charge in [0.1, 0.15) is 17.5 Å². The van der Waals surface area contributed by atoms with Crippen molar-refractivity contribution in [3.8, 4) is 28.8 Å². The van der Waals surface area contributed by atoms with Gasteiger partial charge in [0, 0.05) is 12.0 Å². The van der Waals surface area contributed by atoms with Crippen molar-refractivity contribution in [1.29, 1.82) is 5.26 Å². The zero-order valence-electron chi connectivity index (χ0n) is 12.8. The molecule has 0 aliphatic rings. The molecule has 0 unspecified atom stereocenters. The van der Waals surface area contributed by atoms with Crippen LogP contribution in [-0.4, -0.2) is 34.1 Å². The molecule has 7 nitrogen and oxygen atoms in total. The Morgan fingerprint density at radius 3 is 2.62 bits per heavy atom. The van der Waals surface area contributed by atoms with Crippen molar-refractivity contribution in [2.45, 2.75) is 12.8 Å². The minimum absolute atomic E-state index is 0.121. The second-order valence-corrected chi connectivity index (χ2v) is 4.88. The fourth-order valence-corrected chi connectivity index (χ4v) is 2.15. The fourth-order valence-electron chi connectivity index (χ4n) is 2.15. The van der Waals surface area contributed by atoms with E-state index in [1.54, 1.807) is 30.3 Å². The lowest BCUT2D eigenvalue weighted by atomic mass is 10.0. The molecule has 0 amide bonds. The van der Waals surface area contributed by atoms with Crippen LogP contribution in [0.4, 0.5) is 0 Å². The molecule has 2 rings (SSSR count). The zero-order chi connectivity index (χ0) is 17.7. The van der Waals surface area contributed by atoms with Crippen molar-refractivity contribution in [1.82, 2.24) is 4.98 Å². The predicted octanol–water partition coefficient (Wildman–Crippen LogP) is 2.38. The van der Waals surface area contributed by atoms with Crippen LogP contribution in [0, 0.1) is 11.3 Å². The molecule has 0 fully saturated rings. The van der Waals surface area contributed by atoms with Crippen molar-refractivity contribution in [3.05, 3.63) is 41.6 Å². The number of ether oxygens (including phenoxy) is 1. The third kappa shape index (κ3) is 3.50. The molecule has 24 heavy (non-hydrogen) atoms. The quantitative estimate of drug-likeness (QED) is 0.782. The van der Waals surface area contributed by atoms with Crippen molar-refractivity contribution in [2.24, 2.45) is 0 Å². The Balaban J connectivity index is 2.55. The van der Waals surface area contributed by atoms with Gasteiger partial charge >= 0.3 is 5.97 Å². The largest absolute Gasteiger partial charge is 0.504 e. The van der Waals surface area contributed by atoms with Gasteiger partial charge in [-0.25, -0.2) is 4.98 Å². The van der Waals surface area contributed by atoms with E-state index in [0.717, 1.165) is 0 Å². The maximum Gasteiger partial charge on any atom is 0.303 e. The van der Waals surface area contributed by atoms with Crippen LogP contribution < -0.4 is 4.74 Å². The topological polar surface area (TPSA) is 121 Å². The highest BCUT2D eigenvalue weighted by atomic mass is 16.5. The van der Waals surface area contributed by atoms with Gasteiger partial charge in [-0.15, -0.1) is 0 Å². The Hall–Kier alpha value is -3.40. The lowest BCUT2D eigenvalue weighted by molar-refractivity contribution is -0.136. The van der Waals surface area contributed by atoms with Gasteiger partial charge in [-0.2, -0.15) is 5.26 Å². The summed E-state index contributed by atoms with van der Waals surface area (Å²) < 4.78 is 5.23. The van der Waals surface area contributed by atoms with Gasteiger partial charge in [-0.1, -0.05) is 12.1 Å². The number of hydrogen-bond acceptors (Lipinski definition) is 6. The number of carbonyl (C=O) groups is 2. The maximum atomic E-state index is 12.1. The summed E-state index contributed by atoms with van der Waals surface area (Å²) in [6.45, 7) is 0. The van der Waals surface area contributed by atoms with Crippen LogP contribution in [0.5, 0.6) is 11.5 Å². The number of nitriles is 1. The molecule has 0 radical (unpaired) electrons. The summed E-state index contributed by atoms with van der Waals surface area (Å²) in [4.78, 5) is 26.9. The van der Waals surface area contributed by atoms with E-state index in [2.05, 4.69) is 4.98 Å². The highest BCUT2D eigenvalue weighted by molar-refractivity contribution is 5.99. The molecule has 0 aliphatic carbocycles. The average molecular weight is 326 g/mol. The molecule has 0 aliphatic heterocycles. The van der Waals surface area contributed by atoms with Crippen LogP contribution in [0.25, 0.3) is 11.3 Å². The highest BCUT2D eigenvalue weighted by Gasteiger charge is 2.20. The van der Waals surface area contributed by atoms with Crippen LogP contribution in [0.2, 0.25) is 0 Å². The first-order valence-electron chi connectivity index (χ1n) is 7.00. The second-order valence-electron chi connectivity index (χ2n) is 4.88. The number of carbonyl (C=O) groups excluding carboxylic acids is 1. The first-order chi connectivity index (χ1) is 11.5. The first-order valence-corrected chi connectivity index (χ1v) is 7.00. The Labute approximate surface area is 137 Å². The minimum Gasteiger partial charge on any atom is -0.504 e. The number of pyridine rings is 1. The van der Waals surface area contributed by atoms with E-state index >= 15 is 0 Å². The van der Waals surface area contributed by atoms with Gasteiger partial charge in [0.2, 0.25) is 0 Å². The minimum atomic E-state index is -1.13. The first kappa shape index (κ1) is 17.0. The summed E-state index contributed by atoms with van der Waals surface area (Å²) in [6.07, 6.45) is -0.711. The summed E-state index contributed by atoms with van der Waals surface area (Å²) in [5.41, 5.74) is 0.380. The number of methoxy groups -OCH3 is 1. The number of hydrogen-bond donors (Lipinski definition) is 2. The molecule has 0 bridgehead atoms. The molecule has 0 spiro atoms. The van der Waals surface area contributed by atoms with E-state index < -0.39 is 17.5 Å². The number of aliphatic carboxylic acids is 1. The van der Waals surface area contributed by atoms with E-state index in [0.29, 0.717) is 11.3 Å². The molecule has 0 atom stereocenters. The van der Waals surface area contributed by atoms with Crippen molar-refractivity contribution >= 4 is 11.8 Å². The van der Waals surface area contributed by atoms with Gasteiger partial charge in [-0.05, 0) is 18.2 Å². The van der Waals surface area contributed by atoms with Gasteiger partial charge in [-0.3, -0.25) is 9.59 Å². The van der Waals surface area contributed by atoms with Crippen LogP contribution in [0.1, 0.15) is 28.9 Å². The SMILES string of the molecule is COc1ccccc1-c1cc(C#N)c(O)c(C(=O)CCC(=O)O)n1. The molecule has 0 saturated carbocycles. The van der Waals surface area contributed by atoms with E-state index in [-0.39, 0.29) is 29.8 Å². The summed E-state index contributed by atoms with van der Waals surface area (Å²) in [5.74, 6) is -1.84. The van der Waals surface area contributed by atoms with Crippen molar-refractivity contribution < 1.29 is 24.5 Å². The Kier molecular flexibility index (Phi) is 5.12. The van der Waals surface area contributed by atoms with Crippen LogP contribution in [0.3, 0.4) is 0 Å². The molecule has 1 aromatic heterocycles. The summed E-state index contributed by atoms with van der Waals surface area (Å²) in [7, 11) is 1.48. The lowest BCUT2D eigenvalue weighted by Gasteiger charge is -2.11. The number of ketones is 1. The number of rotatable bonds is 6. The Morgan fingerprint density at radius 2 is 2.00 bits per heavy atom. The molecule has 2 N–H and O–H groups in total. The number of benzene rings is 1. The van der Waals surface area contributed by atoms with E-state index in [1.807, 2.05) is 0 Å². The van der Waals surface area contributed by atoms with E-state index in [4.69, 9.17) is 15.1 Å².